The Morgan fingerprint density at radius 1 is 1.52 bits per heavy atom. The molecule has 2 rings (SSSR count). The van der Waals surface area contributed by atoms with Gasteiger partial charge in [0, 0.05) is 15.3 Å². The summed E-state index contributed by atoms with van der Waals surface area (Å²) in [6, 6.07) is 4.84. The van der Waals surface area contributed by atoms with Gasteiger partial charge in [-0.1, -0.05) is 22.8 Å². The van der Waals surface area contributed by atoms with Gasteiger partial charge in [-0.15, -0.1) is 0 Å². The zero-order chi connectivity index (χ0) is 15.4. The van der Waals surface area contributed by atoms with Crippen LogP contribution in [0.25, 0.3) is 21.3 Å². The number of azide groups is 1. The van der Waals surface area contributed by atoms with Gasteiger partial charge in [-0.25, -0.2) is 4.79 Å². The Morgan fingerprint density at radius 3 is 2.95 bits per heavy atom. The van der Waals surface area contributed by atoms with Crippen LogP contribution in [0.2, 0.25) is 5.02 Å². The summed E-state index contributed by atoms with van der Waals surface area (Å²) in [5.74, 6) is -0.751. The smallest absolute Gasteiger partial charge is 0.344 e. The maximum Gasteiger partial charge on any atom is 0.344 e. The van der Waals surface area contributed by atoms with Crippen LogP contribution in [0.3, 0.4) is 0 Å². The zero-order valence-electron chi connectivity index (χ0n) is 11.1. The second kappa shape index (κ2) is 6.30. The normalized spacial score (nSPS) is 10.2. The Kier molecular flexibility index (Phi) is 4.47. The molecule has 1 heterocycles. The van der Waals surface area contributed by atoms with E-state index in [0.29, 0.717) is 21.5 Å². The molecule has 0 atom stereocenters. The molecule has 0 aliphatic rings. The molecule has 1 aromatic heterocycles. The van der Waals surface area contributed by atoms with Crippen LogP contribution < -0.4 is 5.56 Å². The van der Waals surface area contributed by atoms with Gasteiger partial charge < -0.3 is 9.72 Å². The Bertz CT molecular complexity index is 809. The van der Waals surface area contributed by atoms with Gasteiger partial charge in [0.15, 0.2) is 0 Å². The molecular formula is C13H11ClN4O3. The van der Waals surface area contributed by atoms with Crippen LogP contribution in [0.5, 0.6) is 0 Å². The Hall–Kier alpha value is -2.50. The highest BCUT2D eigenvalue weighted by atomic mass is 35.5. The number of fused-ring (bicyclic) bond motifs is 1. The van der Waals surface area contributed by atoms with Crippen molar-refractivity contribution in [2.75, 3.05) is 6.61 Å². The number of rotatable bonds is 4. The number of hydrogen-bond donors (Lipinski definition) is 1. The van der Waals surface area contributed by atoms with E-state index in [2.05, 4.69) is 15.0 Å². The Morgan fingerprint density at radius 2 is 2.29 bits per heavy atom. The third-order valence-electron chi connectivity index (χ3n) is 2.86. The number of carbonyl (C=O) groups is 1. The van der Waals surface area contributed by atoms with Gasteiger partial charge in [-0.05, 0) is 30.2 Å². The predicted molar refractivity (Wildman–Crippen MR) is 78.4 cm³/mol. The van der Waals surface area contributed by atoms with Gasteiger partial charge >= 0.3 is 5.97 Å². The number of halogens is 1. The molecule has 8 heteroatoms. The molecule has 0 bridgehead atoms. The van der Waals surface area contributed by atoms with Crippen LogP contribution in [0, 0.1) is 0 Å². The molecule has 7 nitrogen and oxygen atoms in total. The molecule has 0 radical (unpaired) electrons. The standard InChI is InChI=1S/C13H11ClN4O3/c1-2-21-13(20)11-9(6-16-18-15)8-4-3-7(14)5-10(8)17-12(11)19/h3-5H,2,6H2,1H3,(H,17,19). The Labute approximate surface area is 124 Å². The first kappa shape index (κ1) is 14.9. The third-order valence-corrected chi connectivity index (χ3v) is 3.09. The topological polar surface area (TPSA) is 108 Å². The maximum atomic E-state index is 12.1. The number of ether oxygens (including phenoxy) is 1. The van der Waals surface area contributed by atoms with Gasteiger partial charge in [-0.3, -0.25) is 4.79 Å². The lowest BCUT2D eigenvalue weighted by Crippen LogP contribution is -2.22. The largest absolute Gasteiger partial charge is 0.462 e. The van der Waals surface area contributed by atoms with Crippen molar-refractivity contribution >= 4 is 28.5 Å². The molecule has 0 amide bonds. The monoisotopic (exact) mass is 306 g/mol. The number of nitrogens with one attached hydrogen (secondary N) is 1. The second-order valence-corrected chi connectivity index (χ2v) is 4.54. The number of aromatic amines is 1. The lowest BCUT2D eigenvalue weighted by Gasteiger charge is -2.10. The van der Waals surface area contributed by atoms with Gasteiger partial charge in [0.2, 0.25) is 0 Å². The number of hydrogen-bond acceptors (Lipinski definition) is 4. The van der Waals surface area contributed by atoms with E-state index < -0.39 is 11.5 Å². The summed E-state index contributed by atoms with van der Waals surface area (Å²) in [6.07, 6.45) is 0. The van der Waals surface area contributed by atoms with E-state index in [1.165, 1.54) is 0 Å². The van der Waals surface area contributed by atoms with E-state index in [0.717, 1.165) is 0 Å². The number of nitrogens with zero attached hydrogens (tertiary/aromatic N) is 3. The molecule has 2 aromatic rings. The first-order valence-electron chi connectivity index (χ1n) is 6.10. The average molecular weight is 307 g/mol. The second-order valence-electron chi connectivity index (χ2n) is 4.11. The highest BCUT2D eigenvalue weighted by Crippen LogP contribution is 2.23. The lowest BCUT2D eigenvalue weighted by atomic mass is 10.0. The van der Waals surface area contributed by atoms with Crippen LogP contribution in [-0.4, -0.2) is 17.6 Å². The minimum atomic E-state index is -0.751. The lowest BCUT2D eigenvalue weighted by molar-refractivity contribution is 0.0523. The number of H-pyrrole nitrogens is 1. The molecule has 0 unspecified atom stereocenters. The van der Waals surface area contributed by atoms with Crippen molar-refractivity contribution in [1.82, 2.24) is 4.98 Å². The van der Waals surface area contributed by atoms with Crippen molar-refractivity contribution < 1.29 is 9.53 Å². The van der Waals surface area contributed by atoms with Gasteiger partial charge in [0.05, 0.1) is 18.7 Å². The SMILES string of the molecule is CCOC(=O)c1c(CN=[N+]=[N-])c2ccc(Cl)cc2[nH]c1=O. The van der Waals surface area contributed by atoms with Crippen LogP contribution in [0.4, 0.5) is 0 Å². The first-order valence-corrected chi connectivity index (χ1v) is 6.48. The molecule has 0 spiro atoms. The fraction of sp³-hybridized carbons (Fsp3) is 0.231. The summed E-state index contributed by atoms with van der Waals surface area (Å²) in [7, 11) is 0. The van der Waals surface area contributed by atoms with Gasteiger partial charge in [0.1, 0.15) is 5.56 Å². The minimum absolute atomic E-state index is 0.132. The molecule has 0 aliphatic heterocycles. The number of aromatic nitrogens is 1. The molecule has 0 saturated heterocycles. The summed E-state index contributed by atoms with van der Waals surface area (Å²) in [5.41, 5.74) is 8.50. The number of benzene rings is 1. The van der Waals surface area contributed by atoms with E-state index >= 15 is 0 Å². The summed E-state index contributed by atoms with van der Waals surface area (Å²) >= 11 is 5.88. The van der Waals surface area contributed by atoms with Crippen molar-refractivity contribution in [2.24, 2.45) is 5.11 Å². The van der Waals surface area contributed by atoms with E-state index in [1.807, 2.05) is 0 Å². The average Bonchev–Trinajstić information content (AvgIpc) is 2.44. The summed E-state index contributed by atoms with van der Waals surface area (Å²) in [6.45, 7) is 1.64. The number of pyridine rings is 1. The first-order chi connectivity index (χ1) is 10.1. The van der Waals surface area contributed by atoms with Gasteiger partial charge in [-0.2, -0.15) is 0 Å². The van der Waals surface area contributed by atoms with Crippen molar-refractivity contribution in [3.8, 4) is 0 Å². The van der Waals surface area contributed by atoms with Crippen molar-refractivity contribution in [2.45, 2.75) is 13.5 Å². The van der Waals surface area contributed by atoms with Crippen LogP contribution in [0.1, 0.15) is 22.8 Å². The molecule has 1 aromatic carbocycles. The predicted octanol–water partition coefficient (Wildman–Crippen LogP) is 3.17. The van der Waals surface area contributed by atoms with Crippen LogP contribution in [-0.2, 0) is 11.3 Å². The molecule has 1 N–H and O–H groups in total. The zero-order valence-corrected chi connectivity index (χ0v) is 11.8. The summed E-state index contributed by atoms with van der Waals surface area (Å²) in [5, 5.41) is 4.47. The third kappa shape index (κ3) is 2.99. The highest BCUT2D eigenvalue weighted by Gasteiger charge is 2.20. The molecule has 0 aliphatic carbocycles. The minimum Gasteiger partial charge on any atom is -0.462 e. The molecule has 21 heavy (non-hydrogen) atoms. The van der Waals surface area contributed by atoms with Gasteiger partial charge in [0.25, 0.3) is 5.56 Å². The fourth-order valence-corrected chi connectivity index (χ4v) is 2.20. The quantitative estimate of drug-likeness (QED) is 0.405. The van der Waals surface area contributed by atoms with E-state index in [9.17, 15) is 9.59 Å². The van der Waals surface area contributed by atoms with Crippen molar-refractivity contribution in [3.05, 3.63) is 55.1 Å². The van der Waals surface area contributed by atoms with E-state index in [1.54, 1.807) is 25.1 Å². The molecule has 0 fully saturated rings. The molecular weight excluding hydrogens is 296 g/mol. The van der Waals surface area contributed by atoms with Crippen molar-refractivity contribution in [1.29, 1.82) is 0 Å². The van der Waals surface area contributed by atoms with Crippen molar-refractivity contribution in [3.63, 3.8) is 0 Å². The molecule has 108 valence electrons. The summed E-state index contributed by atoms with van der Waals surface area (Å²) in [4.78, 5) is 29.3. The Balaban J connectivity index is 2.79. The highest BCUT2D eigenvalue weighted by molar-refractivity contribution is 6.31. The summed E-state index contributed by atoms with van der Waals surface area (Å²) < 4.78 is 4.88. The van der Waals surface area contributed by atoms with E-state index in [4.69, 9.17) is 21.9 Å². The van der Waals surface area contributed by atoms with Crippen LogP contribution in [0.15, 0.2) is 28.1 Å². The van der Waals surface area contributed by atoms with E-state index in [-0.39, 0.29) is 18.7 Å². The number of esters is 1. The maximum absolute atomic E-state index is 12.1. The molecule has 0 saturated carbocycles. The van der Waals surface area contributed by atoms with Crippen LogP contribution >= 0.6 is 11.6 Å². The number of carbonyl (C=O) groups excluding carboxylic acids is 1. The fourth-order valence-electron chi connectivity index (χ4n) is 2.03.